The predicted molar refractivity (Wildman–Crippen MR) is 140 cm³/mol. The van der Waals surface area contributed by atoms with Crippen molar-refractivity contribution in [1.82, 2.24) is 0 Å². The minimum atomic E-state index is -0.578. The molecular weight excluding hydrogens is 385 g/mol. The van der Waals surface area contributed by atoms with Gasteiger partial charge in [-0.1, -0.05) is 25.7 Å². The van der Waals surface area contributed by atoms with E-state index in [1.54, 1.807) is 128 Å². The SMILES string of the molecule is [BH2-]1[P+](C2CCCCC2)(C2CCCCC2)CC[P+]1(C1CCCCC1)C1CCCCC1. The first-order valence-corrected chi connectivity index (χ1v) is 19.4. The van der Waals surface area contributed by atoms with Gasteiger partial charge in [0.1, 0.15) is 0 Å². The zero-order valence-electron chi connectivity index (χ0n) is 19.8. The van der Waals surface area contributed by atoms with Crippen molar-refractivity contribution in [2.45, 2.75) is 151 Å². The largest absolute Gasteiger partial charge is 0.296 e. The number of rotatable bonds is 4. The normalized spacial score (nSPS) is 33.1. The fourth-order valence-electron chi connectivity index (χ4n) is 9.99. The first kappa shape index (κ1) is 21.8. The molecule has 4 saturated carbocycles. The van der Waals surface area contributed by atoms with Crippen LogP contribution in [0.2, 0.25) is 0 Å². The van der Waals surface area contributed by atoms with Gasteiger partial charge in [-0.15, -0.1) is 14.3 Å². The zero-order valence-corrected chi connectivity index (χ0v) is 21.5. The van der Waals surface area contributed by atoms with Crippen molar-refractivity contribution in [2.75, 3.05) is 12.3 Å². The zero-order chi connectivity index (χ0) is 19.6. The summed E-state index contributed by atoms with van der Waals surface area (Å²) in [5, 5.41) is 0. The van der Waals surface area contributed by atoms with Gasteiger partial charge in [-0.25, -0.2) is 0 Å². The highest BCUT2D eigenvalue weighted by molar-refractivity contribution is 8.31. The van der Waals surface area contributed by atoms with Crippen LogP contribution in [0.1, 0.15) is 128 Å². The molecule has 1 heterocycles. The van der Waals surface area contributed by atoms with Crippen LogP contribution in [0.5, 0.6) is 0 Å². The van der Waals surface area contributed by atoms with Gasteiger partial charge in [-0.2, -0.15) is 0 Å². The van der Waals surface area contributed by atoms with Gasteiger partial charge in [-0.05, 0) is 103 Å². The monoisotopic (exact) mass is 435 g/mol. The van der Waals surface area contributed by atoms with Crippen LogP contribution in [-0.4, -0.2) is 41.7 Å². The molecule has 1 saturated heterocycles. The minimum Gasteiger partial charge on any atom is -0.102 e. The second-order valence-electron chi connectivity index (χ2n) is 12.5. The second-order valence-corrected chi connectivity index (χ2v) is 23.3. The molecule has 5 fully saturated rings. The molecular formula is C26H50BP2+. The lowest BCUT2D eigenvalue weighted by Gasteiger charge is -2.49. The van der Waals surface area contributed by atoms with Crippen LogP contribution in [0.4, 0.5) is 0 Å². The smallest absolute Gasteiger partial charge is 0.102 e. The van der Waals surface area contributed by atoms with Crippen LogP contribution in [0.25, 0.3) is 0 Å². The third-order valence-corrected chi connectivity index (χ3v) is 28.9. The summed E-state index contributed by atoms with van der Waals surface area (Å²) in [6, 6.07) is 0. The molecule has 5 aliphatic rings. The summed E-state index contributed by atoms with van der Waals surface area (Å²) < 4.78 is 0. The van der Waals surface area contributed by atoms with E-state index in [0.717, 1.165) is 0 Å². The van der Waals surface area contributed by atoms with E-state index in [2.05, 4.69) is 0 Å². The average Bonchev–Trinajstić information content (AvgIpc) is 3.25. The molecule has 4 aliphatic carbocycles. The maximum absolute atomic E-state index is 1.86. The van der Waals surface area contributed by atoms with Gasteiger partial charge < -0.3 is 0 Å². The Balaban J connectivity index is 1.47. The number of hydrogen-bond acceptors (Lipinski definition) is 0. The quantitative estimate of drug-likeness (QED) is 0.307. The molecule has 0 aromatic heterocycles. The highest BCUT2D eigenvalue weighted by Gasteiger charge is 2.63. The van der Waals surface area contributed by atoms with Crippen LogP contribution < -0.4 is 0 Å². The molecule has 0 radical (unpaired) electrons. The molecule has 0 aromatic rings. The van der Waals surface area contributed by atoms with Gasteiger partial charge in [-0.3, -0.25) is 0 Å². The second kappa shape index (κ2) is 9.82. The van der Waals surface area contributed by atoms with E-state index < -0.39 is 14.3 Å². The summed E-state index contributed by atoms with van der Waals surface area (Å²) in [6.45, 7) is 0.372. The van der Waals surface area contributed by atoms with Crippen LogP contribution in [0.3, 0.4) is 0 Å². The molecule has 0 amide bonds. The lowest BCUT2D eigenvalue weighted by Crippen LogP contribution is -2.34. The summed E-state index contributed by atoms with van der Waals surface area (Å²) in [4.78, 5) is 0. The highest BCUT2D eigenvalue weighted by atomic mass is 31.2. The topological polar surface area (TPSA) is 0 Å². The van der Waals surface area contributed by atoms with Gasteiger partial charge in [0, 0.05) is 22.6 Å². The van der Waals surface area contributed by atoms with Crippen LogP contribution in [0.15, 0.2) is 0 Å². The molecule has 5 rings (SSSR count). The van der Waals surface area contributed by atoms with E-state index in [1.165, 1.54) is 22.6 Å². The lowest BCUT2D eigenvalue weighted by molar-refractivity contribution is 0.482. The van der Waals surface area contributed by atoms with Crippen molar-refractivity contribution in [1.29, 1.82) is 0 Å². The maximum Gasteiger partial charge on any atom is 0.296 e. The van der Waals surface area contributed by atoms with Gasteiger partial charge in [0.15, 0.2) is 0 Å². The van der Waals surface area contributed by atoms with Crippen molar-refractivity contribution < 1.29 is 0 Å². The van der Waals surface area contributed by atoms with E-state index >= 15 is 0 Å². The number of hydrogen-bond donors (Lipinski definition) is 0. The fourth-order valence-corrected chi connectivity index (χ4v) is 34.6. The molecule has 29 heavy (non-hydrogen) atoms. The van der Waals surface area contributed by atoms with E-state index in [0.29, 0.717) is 6.72 Å². The van der Waals surface area contributed by atoms with Crippen LogP contribution >= 0.6 is 14.3 Å². The Bertz CT molecular complexity index is 429. The van der Waals surface area contributed by atoms with Gasteiger partial charge in [0.25, 0.3) is 6.72 Å². The first-order valence-electron chi connectivity index (χ1n) is 14.3. The average molecular weight is 435 g/mol. The molecule has 3 heteroatoms. The van der Waals surface area contributed by atoms with E-state index in [-0.39, 0.29) is 0 Å². The van der Waals surface area contributed by atoms with E-state index in [1.807, 2.05) is 12.3 Å². The molecule has 0 nitrogen and oxygen atoms in total. The van der Waals surface area contributed by atoms with Gasteiger partial charge in [0.2, 0.25) is 0 Å². The van der Waals surface area contributed by atoms with Gasteiger partial charge in [0.05, 0.1) is 12.3 Å². The molecule has 0 N–H and O–H groups in total. The van der Waals surface area contributed by atoms with Crippen molar-refractivity contribution in [3.63, 3.8) is 0 Å². The minimum absolute atomic E-state index is 0.372. The summed E-state index contributed by atoms with van der Waals surface area (Å²) in [6.07, 6.45) is 36.5. The van der Waals surface area contributed by atoms with Crippen molar-refractivity contribution in [3.05, 3.63) is 0 Å². The molecule has 0 unspecified atom stereocenters. The van der Waals surface area contributed by atoms with Gasteiger partial charge >= 0.3 is 0 Å². The summed E-state index contributed by atoms with van der Waals surface area (Å²) in [5.74, 6) is 0. The van der Waals surface area contributed by atoms with Crippen LogP contribution in [-0.2, 0) is 0 Å². The first-order chi connectivity index (χ1) is 14.3. The third kappa shape index (κ3) is 4.29. The molecule has 0 atom stereocenters. The highest BCUT2D eigenvalue weighted by Crippen LogP contribution is 2.89. The molecule has 166 valence electrons. The third-order valence-electron chi connectivity index (χ3n) is 11.4. The lowest BCUT2D eigenvalue weighted by atomic mass is 9.99. The standard InChI is InChI=1S/C26H50BP2/c1-5-13-23(14-6-1)28(24-15-7-2-8-16-24)21-22-29(27-28,25-17-9-3-10-18-25)26-19-11-4-12-20-26/h23-26H,1-22,27H2/q+1. The molecule has 0 bridgehead atoms. The van der Waals surface area contributed by atoms with Crippen LogP contribution in [0, 0.1) is 0 Å². The van der Waals surface area contributed by atoms with E-state index in [9.17, 15) is 0 Å². The van der Waals surface area contributed by atoms with E-state index in [4.69, 9.17) is 0 Å². The Morgan fingerprint density at radius 2 is 0.586 bits per heavy atom. The molecule has 1 aliphatic heterocycles. The Hall–Kier alpha value is 0.925. The summed E-state index contributed by atoms with van der Waals surface area (Å²) >= 11 is 0. The molecule has 0 aromatic carbocycles. The van der Waals surface area contributed by atoms with Crippen molar-refractivity contribution in [2.24, 2.45) is 0 Å². The summed E-state index contributed by atoms with van der Waals surface area (Å²) in [5.41, 5.74) is 5.20. The Morgan fingerprint density at radius 3 is 0.828 bits per heavy atom. The Morgan fingerprint density at radius 1 is 0.345 bits per heavy atom. The maximum atomic E-state index is 1.86. The fraction of sp³-hybridized carbons (Fsp3) is 1.00. The van der Waals surface area contributed by atoms with Crippen molar-refractivity contribution in [3.8, 4) is 0 Å². The Labute approximate surface area is 184 Å². The predicted octanol–water partition coefficient (Wildman–Crippen LogP) is 8.36. The summed E-state index contributed by atoms with van der Waals surface area (Å²) in [7, 11) is -1.16. The Kier molecular flexibility index (Phi) is 7.37. The van der Waals surface area contributed by atoms with Crippen molar-refractivity contribution >= 4 is 21.0 Å². The molecule has 0 spiro atoms.